The van der Waals surface area contributed by atoms with Crippen molar-refractivity contribution in [3.8, 4) is 5.75 Å². The molecule has 0 atom stereocenters. The Balaban J connectivity index is 0.000000181. The van der Waals surface area contributed by atoms with E-state index in [9.17, 15) is 8.42 Å². The summed E-state index contributed by atoms with van der Waals surface area (Å²) in [4.78, 5) is 0.140. The number of thiazole rings is 1. The van der Waals surface area contributed by atoms with E-state index in [1.54, 1.807) is 11.3 Å². The molecule has 0 unspecified atom stereocenters. The summed E-state index contributed by atoms with van der Waals surface area (Å²) in [7, 11) is -2.53. The van der Waals surface area contributed by atoms with Gasteiger partial charge in [0.15, 0.2) is 5.75 Å². The topological polar surface area (TPSA) is 118 Å². The maximum absolute atomic E-state index is 10.6. The molecule has 0 aliphatic carbocycles. The number of halogens is 2. The van der Waals surface area contributed by atoms with Crippen LogP contribution in [0, 0.1) is 0 Å². The van der Waals surface area contributed by atoms with Crippen LogP contribution in [-0.2, 0) is 17.2 Å². The van der Waals surface area contributed by atoms with Crippen molar-refractivity contribution in [2.24, 2.45) is 18.0 Å². The van der Waals surface area contributed by atoms with Gasteiger partial charge in [-0.2, -0.15) is 13.5 Å². The lowest BCUT2D eigenvalue weighted by Gasteiger charge is -2.03. The molecule has 3 rings (SSSR count). The number of hydrogen-bond donors (Lipinski definition) is 3. The summed E-state index contributed by atoms with van der Waals surface area (Å²) in [6, 6.07) is 10.2. The van der Waals surface area contributed by atoms with Crippen molar-refractivity contribution in [2.75, 3.05) is 0 Å². The Morgan fingerprint density at radius 3 is 2.44 bits per heavy atom. The highest BCUT2D eigenvalue weighted by atomic mass is 35.5. The predicted octanol–water partition coefficient (Wildman–Crippen LogP) is 2.96. The number of benzene rings is 2. The van der Waals surface area contributed by atoms with Crippen LogP contribution in [0.1, 0.15) is 0 Å². The molecule has 7 nitrogen and oxygen atoms in total. The second-order valence-electron chi connectivity index (χ2n) is 4.75. The van der Waals surface area contributed by atoms with Crippen LogP contribution in [0.4, 0.5) is 0 Å². The number of nitrogens with two attached hydrogens (primary N) is 1. The molecule has 0 fully saturated rings. The van der Waals surface area contributed by atoms with Gasteiger partial charge in [-0.15, -0.1) is 0 Å². The van der Waals surface area contributed by atoms with Gasteiger partial charge in [0.05, 0.1) is 15.2 Å². The van der Waals surface area contributed by atoms with Crippen LogP contribution in [-0.4, -0.2) is 22.6 Å². The van der Waals surface area contributed by atoms with E-state index in [4.69, 9.17) is 38.7 Å². The monoisotopic (exact) mass is 421 g/mol. The van der Waals surface area contributed by atoms with Crippen LogP contribution in [0.3, 0.4) is 0 Å². The maximum Gasteiger partial charge on any atom is 0.298 e. The Labute approximate surface area is 157 Å². The quantitative estimate of drug-likeness (QED) is 0.317. The molecule has 1 heterocycles. The van der Waals surface area contributed by atoms with Crippen molar-refractivity contribution >= 4 is 54.9 Å². The standard InChI is InChI=1S/C8H9N3S.C6H4Cl2O4S/c1-11-6-4-2-3-5-7(6)12-8(11)10-9;7-3-1-4(8)6(9)5(2-3)13(10,11)12/h2-5H,9H2,1H3;1-2,9H,(H,10,11,12)/b10-8+;. The molecule has 11 heteroatoms. The molecule has 0 bridgehead atoms. The third kappa shape index (κ3) is 4.44. The summed E-state index contributed by atoms with van der Waals surface area (Å²) in [5, 5.41) is 12.6. The minimum atomic E-state index is -4.50. The molecule has 2 aromatic carbocycles. The number of aromatic nitrogens is 1. The number of phenols is 1. The average Bonchev–Trinajstić information content (AvgIpc) is 2.87. The molecule has 4 N–H and O–H groups in total. The summed E-state index contributed by atoms with van der Waals surface area (Å²) >= 11 is 12.5. The van der Waals surface area contributed by atoms with Gasteiger partial charge < -0.3 is 15.5 Å². The predicted molar refractivity (Wildman–Crippen MR) is 98.5 cm³/mol. The number of phenolic OH excluding ortho intramolecular Hbond substituents is 1. The second kappa shape index (κ2) is 7.63. The third-order valence-corrected chi connectivity index (χ3v) is 5.60. The van der Waals surface area contributed by atoms with Crippen LogP contribution < -0.4 is 10.6 Å². The highest BCUT2D eigenvalue weighted by molar-refractivity contribution is 7.86. The van der Waals surface area contributed by atoms with Gasteiger partial charge in [-0.3, -0.25) is 4.55 Å². The Hall–Kier alpha value is -1.78. The van der Waals surface area contributed by atoms with E-state index in [1.165, 1.54) is 10.2 Å². The first-order valence-electron chi connectivity index (χ1n) is 6.59. The number of para-hydroxylation sites is 1. The zero-order chi connectivity index (χ0) is 18.8. The maximum atomic E-state index is 10.6. The van der Waals surface area contributed by atoms with Gasteiger partial charge in [0, 0.05) is 12.1 Å². The number of aromatic hydroxyl groups is 1. The Morgan fingerprint density at radius 1 is 1.24 bits per heavy atom. The largest absolute Gasteiger partial charge is 0.505 e. The van der Waals surface area contributed by atoms with E-state index >= 15 is 0 Å². The van der Waals surface area contributed by atoms with E-state index in [0.717, 1.165) is 16.9 Å². The molecule has 0 spiro atoms. The highest BCUT2D eigenvalue weighted by Crippen LogP contribution is 2.33. The van der Waals surface area contributed by atoms with Crippen molar-refractivity contribution in [3.63, 3.8) is 0 Å². The van der Waals surface area contributed by atoms with Crippen molar-refractivity contribution in [2.45, 2.75) is 4.90 Å². The molecule has 0 radical (unpaired) electrons. The molecule has 25 heavy (non-hydrogen) atoms. The fourth-order valence-electron chi connectivity index (χ4n) is 1.94. The SMILES string of the molecule is Cn1/c(=N\N)sc2ccccc21.O=S(=O)(O)c1cc(Cl)cc(Cl)c1O. The van der Waals surface area contributed by atoms with Crippen molar-refractivity contribution in [1.29, 1.82) is 0 Å². The molecule has 3 aromatic rings. The van der Waals surface area contributed by atoms with Crippen LogP contribution in [0.2, 0.25) is 10.0 Å². The van der Waals surface area contributed by atoms with Gasteiger partial charge >= 0.3 is 0 Å². The Bertz CT molecular complexity index is 1090. The highest BCUT2D eigenvalue weighted by Gasteiger charge is 2.18. The first-order chi connectivity index (χ1) is 11.6. The molecule has 0 saturated carbocycles. The van der Waals surface area contributed by atoms with Crippen molar-refractivity contribution in [1.82, 2.24) is 4.57 Å². The van der Waals surface area contributed by atoms with Gasteiger partial charge in [0.2, 0.25) is 4.80 Å². The smallest absolute Gasteiger partial charge is 0.298 e. The molecule has 1 aromatic heterocycles. The van der Waals surface area contributed by atoms with E-state index in [0.29, 0.717) is 0 Å². The van der Waals surface area contributed by atoms with Gasteiger partial charge in [-0.05, 0) is 24.3 Å². The van der Waals surface area contributed by atoms with Crippen molar-refractivity contribution in [3.05, 3.63) is 51.2 Å². The number of hydrogen-bond acceptors (Lipinski definition) is 6. The first-order valence-corrected chi connectivity index (χ1v) is 9.60. The van der Waals surface area contributed by atoms with Crippen molar-refractivity contribution < 1.29 is 18.1 Å². The average molecular weight is 422 g/mol. The summed E-state index contributed by atoms with van der Waals surface area (Å²) in [6.45, 7) is 0. The molecule has 0 amide bonds. The summed E-state index contributed by atoms with van der Waals surface area (Å²) in [5.41, 5.74) is 1.17. The zero-order valence-electron chi connectivity index (χ0n) is 12.7. The molecular formula is C14H13Cl2N3O4S2. The number of nitrogens with zero attached hydrogens (tertiary/aromatic N) is 2. The van der Waals surface area contributed by atoms with Gasteiger partial charge in [0.25, 0.3) is 10.1 Å². The Morgan fingerprint density at radius 2 is 1.88 bits per heavy atom. The molecule has 0 aliphatic heterocycles. The minimum Gasteiger partial charge on any atom is -0.505 e. The van der Waals surface area contributed by atoms with Gasteiger partial charge in [0.1, 0.15) is 4.90 Å². The molecule has 0 aliphatic rings. The third-order valence-electron chi connectivity index (χ3n) is 3.10. The van der Waals surface area contributed by atoms with E-state index < -0.39 is 20.8 Å². The Kier molecular flexibility index (Phi) is 5.96. The van der Waals surface area contributed by atoms with Crippen LogP contribution >= 0.6 is 34.5 Å². The van der Waals surface area contributed by atoms with Crippen LogP contribution in [0.25, 0.3) is 10.2 Å². The lowest BCUT2D eigenvalue weighted by Crippen LogP contribution is -2.11. The first kappa shape index (κ1) is 19.5. The fourth-order valence-corrected chi connectivity index (χ4v) is 4.13. The summed E-state index contributed by atoms with van der Waals surface area (Å²) < 4.78 is 33.1. The summed E-state index contributed by atoms with van der Waals surface area (Å²) in [5.74, 6) is 4.51. The lowest BCUT2D eigenvalue weighted by molar-refractivity contribution is 0.443. The lowest BCUT2D eigenvalue weighted by atomic mass is 10.3. The molecule has 0 saturated heterocycles. The van der Waals surface area contributed by atoms with Gasteiger partial charge in [-0.25, -0.2) is 0 Å². The summed E-state index contributed by atoms with van der Waals surface area (Å²) in [6.07, 6.45) is 0. The van der Waals surface area contributed by atoms with Gasteiger partial charge in [-0.1, -0.05) is 46.7 Å². The second-order valence-corrected chi connectivity index (χ2v) is 7.99. The minimum absolute atomic E-state index is 0.00965. The van der Waals surface area contributed by atoms with Crippen LogP contribution in [0.5, 0.6) is 5.75 Å². The van der Waals surface area contributed by atoms with E-state index in [1.807, 2.05) is 23.7 Å². The van der Waals surface area contributed by atoms with Crippen LogP contribution in [0.15, 0.2) is 46.4 Å². The van der Waals surface area contributed by atoms with E-state index in [2.05, 4.69) is 17.2 Å². The van der Waals surface area contributed by atoms with E-state index in [-0.39, 0.29) is 10.0 Å². The molecule has 134 valence electrons. The number of aryl methyl sites for hydroxylation is 1. The number of fused-ring (bicyclic) bond motifs is 1. The fraction of sp³-hybridized carbons (Fsp3) is 0.0714. The number of rotatable bonds is 1. The molecular weight excluding hydrogens is 409 g/mol. The zero-order valence-corrected chi connectivity index (χ0v) is 15.9. The normalized spacial score (nSPS) is 12.1.